The smallest absolute Gasteiger partial charge is 0.385 e. The molecule has 0 fully saturated rings. The molecular formula is C13H13F3O3. The quantitative estimate of drug-likeness (QED) is 0.895. The molecule has 0 heterocycles. The fourth-order valence-electron chi connectivity index (χ4n) is 1.52. The molecule has 0 aromatic heterocycles. The molecule has 1 N–H and O–H groups in total. The summed E-state index contributed by atoms with van der Waals surface area (Å²) in [4.78, 5) is 22.3. The van der Waals surface area contributed by atoms with Gasteiger partial charge in [-0.05, 0) is 18.6 Å². The van der Waals surface area contributed by atoms with Crippen molar-refractivity contribution in [2.45, 2.75) is 32.0 Å². The number of rotatable bonds is 5. The zero-order chi connectivity index (χ0) is 14.6. The van der Waals surface area contributed by atoms with Gasteiger partial charge in [-0.3, -0.25) is 9.59 Å². The maximum atomic E-state index is 12.5. The number of carbonyl (C=O) groups is 2. The maximum absolute atomic E-state index is 12.5. The van der Waals surface area contributed by atoms with Gasteiger partial charge < -0.3 is 5.11 Å². The summed E-state index contributed by atoms with van der Waals surface area (Å²) in [6, 6.07) is 4.41. The lowest BCUT2D eigenvalue weighted by Gasteiger charge is -2.09. The highest BCUT2D eigenvalue weighted by Gasteiger charge is 2.30. The maximum Gasteiger partial charge on any atom is 0.416 e. The normalized spacial score (nSPS) is 13.1. The van der Waals surface area contributed by atoms with Crippen molar-refractivity contribution in [3.8, 4) is 0 Å². The van der Waals surface area contributed by atoms with Crippen molar-refractivity contribution in [3.63, 3.8) is 0 Å². The summed E-state index contributed by atoms with van der Waals surface area (Å²) in [6.07, 6.45) is -6.48. The molecule has 6 heteroatoms. The van der Waals surface area contributed by atoms with E-state index in [1.807, 2.05) is 0 Å². The van der Waals surface area contributed by atoms with Gasteiger partial charge in [0.2, 0.25) is 0 Å². The van der Waals surface area contributed by atoms with Crippen molar-refractivity contribution in [2.24, 2.45) is 0 Å². The van der Waals surface area contributed by atoms with Gasteiger partial charge in [-0.25, -0.2) is 0 Å². The van der Waals surface area contributed by atoms with Gasteiger partial charge in [0.25, 0.3) is 0 Å². The second-order valence-electron chi connectivity index (χ2n) is 4.24. The van der Waals surface area contributed by atoms with Crippen LogP contribution in [0.4, 0.5) is 13.2 Å². The van der Waals surface area contributed by atoms with Crippen LogP contribution in [0, 0.1) is 0 Å². The minimum absolute atomic E-state index is 0.204. The Kier molecular flexibility index (Phi) is 4.83. The van der Waals surface area contributed by atoms with E-state index in [-0.39, 0.29) is 18.4 Å². The van der Waals surface area contributed by atoms with Crippen molar-refractivity contribution in [3.05, 3.63) is 35.4 Å². The fourth-order valence-corrected chi connectivity index (χ4v) is 1.52. The number of halogens is 3. The molecule has 1 unspecified atom stereocenters. The number of aliphatic hydroxyl groups excluding tert-OH is 1. The van der Waals surface area contributed by atoms with Crippen molar-refractivity contribution in [1.82, 2.24) is 0 Å². The van der Waals surface area contributed by atoms with Gasteiger partial charge in [0, 0.05) is 12.8 Å². The average molecular weight is 274 g/mol. The van der Waals surface area contributed by atoms with E-state index in [9.17, 15) is 27.9 Å². The first kappa shape index (κ1) is 15.4. The van der Waals surface area contributed by atoms with Crippen molar-refractivity contribution in [1.29, 1.82) is 0 Å². The molecule has 0 aliphatic rings. The molecular weight excluding hydrogens is 261 g/mol. The lowest BCUT2D eigenvalue weighted by molar-refractivity contribution is -0.137. The predicted octanol–water partition coefficient (Wildman–Crippen LogP) is 2.16. The van der Waals surface area contributed by atoms with Gasteiger partial charge in [-0.15, -0.1) is 0 Å². The van der Waals surface area contributed by atoms with E-state index in [2.05, 4.69) is 0 Å². The molecule has 0 bridgehead atoms. The van der Waals surface area contributed by atoms with E-state index in [0.717, 1.165) is 19.1 Å². The first-order chi connectivity index (χ1) is 8.70. The minimum Gasteiger partial charge on any atom is -0.385 e. The first-order valence-corrected chi connectivity index (χ1v) is 5.56. The monoisotopic (exact) mass is 274 g/mol. The number of ketones is 2. The average Bonchev–Trinajstić information content (AvgIpc) is 2.27. The molecule has 0 saturated heterocycles. The van der Waals surface area contributed by atoms with E-state index >= 15 is 0 Å². The van der Waals surface area contributed by atoms with Gasteiger partial charge in [-0.2, -0.15) is 13.2 Å². The van der Waals surface area contributed by atoms with Crippen LogP contribution in [0.5, 0.6) is 0 Å². The Bertz CT molecular complexity index is 480. The Morgan fingerprint density at radius 1 is 1.32 bits per heavy atom. The van der Waals surface area contributed by atoms with Gasteiger partial charge in [-0.1, -0.05) is 18.2 Å². The number of hydrogen-bond acceptors (Lipinski definition) is 3. The molecule has 0 amide bonds. The topological polar surface area (TPSA) is 54.4 Å². The van der Waals surface area contributed by atoms with E-state index in [0.29, 0.717) is 0 Å². The number of carbonyl (C=O) groups excluding carboxylic acids is 2. The zero-order valence-electron chi connectivity index (χ0n) is 10.2. The Morgan fingerprint density at radius 2 is 1.95 bits per heavy atom. The number of benzene rings is 1. The van der Waals surface area contributed by atoms with Crippen LogP contribution in [0.15, 0.2) is 24.3 Å². The summed E-state index contributed by atoms with van der Waals surface area (Å²) in [5.74, 6) is -1.03. The molecule has 3 nitrogen and oxygen atoms in total. The highest BCUT2D eigenvalue weighted by molar-refractivity contribution is 5.89. The number of aliphatic hydroxyl groups is 1. The Balaban J connectivity index is 2.73. The number of Topliss-reactive ketones (excluding diaryl/α,β-unsaturated/α-hetero) is 2. The predicted molar refractivity (Wildman–Crippen MR) is 61.5 cm³/mol. The first-order valence-electron chi connectivity index (χ1n) is 5.56. The molecule has 0 aliphatic heterocycles. The highest BCUT2D eigenvalue weighted by atomic mass is 19.4. The van der Waals surface area contributed by atoms with Crippen molar-refractivity contribution < 1.29 is 27.9 Å². The summed E-state index contributed by atoms with van der Waals surface area (Å²) >= 11 is 0. The number of alkyl halides is 3. The largest absolute Gasteiger partial charge is 0.416 e. The van der Waals surface area contributed by atoms with Gasteiger partial charge >= 0.3 is 6.18 Å². The third-order valence-corrected chi connectivity index (χ3v) is 2.55. The van der Waals surface area contributed by atoms with E-state index in [1.165, 1.54) is 12.1 Å². The van der Waals surface area contributed by atoms with Gasteiger partial charge in [0.15, 0.2) is 5.78 Å². The lowest BCUT2D eigenvalue weighted by atomic mass is 10.0. The summed E-state index contributed by atoms with van der Waals surface area (Å²) in [7, 11) is 0. The summed E-state index contributed by atoms with van der Waals surface area (Å²) in [6.45, 7) is 1.14. The highest BCUT2D eigenvalue weighted by Crippen LogP contribution is 2.29. The van der Waals surface area contributed by atoms with Crippen molar-refractivity contribution in [2.75, 3.05) is 0 Å². The van der Waals surface area contributed by atoms with Crippen LogP contribution in [0.2, 0.25) is 0 Å². The molecule has 104 valence electrons. The van der Waals surface area contributed by atoms with Crippen molar-refractivity contribution >= 4 is 11.6 Å². The minimum atomic E-state index is -4.46. The molecule has 1 aromatic rings. The second-order valence-corrected chi connectivity index (χ2v) is 4.24. The van der Waals surface area contributed by atoms with E-state index in [4.69, 9.17) is 0 Å². The van der Waals surface area contributed by atoms with Crippen LogP contribution in [0.1, 0.15) is 24.5 Å². The fraction of sp³-hybridized carbons (Fsp3) is 0.385. The zero-order valence-corrected chi connectivity index (χ0v) is 10.2. The van der Waals surface area contributed by atoms with E-state index in [1.54, 1.807) is 0 Å². The lowest BCUT2D eigenvalue weighted by Crippen LogP contribution is -2.22. The molecule has 1 rings (SSSR count). The van der Waals surface area contributed by atoms with Crippen LogP contribution in [-0.4, -0.2) is 22.8 Å². The number of hydrogen-bond donors (Lipinski definition) is 1. The third-order valence-electron chi connectivity index (χ3n) is 2.55. The summed E-state index contributed by atoms with van der Waals surface area (Å²) in [5.41, 5.74) is -0.625. The van der Waals surface area contributed by atoms with Crippen LogP contribution >= 0.6 is 0 Å². The summed E-state index contributed by atoms with van der Waals surface area (Å²) < 4.78 is 37.4. The van der Waals surface area contributed by atoms with Crippen LogP contribution < -0.4 is 0 Å². The SMILES string of the molecule is CC(=O)C(O)CC(=O)Cc1cccc(C(F)(F)F)c1. The Hall–Kier alpha value is -1.69. The molecule has 1 atom stereocenters. The van der Waals surface area contributed by atoms with Gasteiger partial charge in [0.1, 0.15) is 11.9 Å². The second kappa shape index (κ2) is 5.97. The third kappa shape index (κ3) is 4.82. The Morgan fingerprint density at radius 3 is 2.47 bits per heavy atom. The molecule has 0 spiro atoms. The summed E-state index contributed by atoms with van der Waals surface area (Å²) in [5, 5.41) is 9.21. The molecule has 0 aliphatic carbocycles. The van der Waals surface area contributed by atoms with Crippen LogP contribution in [0.25, 0.3) is 0 Å². The van der Waals surface area contributed by atoms with Crippen LogP contribution in [0.3, 0.4) is 0 Å². The molecule has 0 radical (unpaired) electrons. The molecule has 19 heavy (non-hydrogen) atoms. The Labute approximate surface area is 108 Å². The van der Waals surface area contributed by atoms with Gasteiger partial charge in [0.05, 0.1) is 5.56 Å². The van der Waals surface area contributed by atoms with Crippen LogP contribution in [-0.2, 0) is 22.2 Å². The molecule has 1 aromatic carbocycles. The van der Waals surface area contributed by atoms with E-state index < -0.39 is 29.4 Å². The standard InChI is InChI=1S/C13H13F3O3/c1-8(17)12(19)7-11(18)6-9-3-2-4-10(5-9)13(14,15)16/h2-5,12,19H,6-7H2,1H3. The molecule has 0 saturated carbocycles.